The zero-order valence-electron chi connectivity index (χ0n) is 19.5. The van der Waals surface area contributed by atoms with E-state index in [1.165, 1.54) is 11.6 Å². The van der Waals surface area contributed by atoms with Gasteiger partial charge in [-0.1, -0.05) is 18.7 Å². The van der Waals surface area contributed by atoms with Gasteiger partial charge in [0.25, 0.3) is 5.91 Å². The summed E-state index contributed by atoms with van der Waals surface area (Å²) in [5.41, 5.74) is 2.27. The van der Waals surface area contributed by atoms with Crippen molar-refractivity contribution >= 4 is 34.8 Å². The molecule has 1 aromatic heterocycles. The number of anilines is 4. The first-order chi connectivity index (χ1) is 17.0. The second-order valence-corrected chi connectivity index (χ2v) is 9.01. The van der Waals surface area contributed by atoms with E-state index in [1.807, 2.05) is 24.3 Å². The molecule has 2 amide bonds. The first kappa shape index (κ1) is 23.3. The van der Waals surface area contributed by atoms with Crippen LogP contribution in [0, 0.1) is 5.82 Å². The highest BCUT2D eigenvalue weighted by atomic mass is 19.1. The molecule has 35 heavy (non-hydrogen) atoms. The summed E-state index contributed by atoms with van der Waals surface area (Å²) in [6.07, 6.45) is 2.86. The number of fused-ring (bicyclic) bond motifs is 1. The third-order valence-corrected chi connectivity index (χ3v) is 6.58. The van der Waals surface area contributed by atoms with Crippen molar-refractivity contribution in [2.24, 2.45) is 0 Å². The van der Waals surface area contributed by atoms with Crippen molar-refractivity contribution < 1.29 is 18.7 Å². The van der Waals surface area contributed by atoms with Crippen molar-refractivity contribution in [1.82, 2.24) is 14.8 Å². The molecule has 0 aliphatic carbocycles. The second-order valence-electron chi connectivity index (χ2n) is 9.01. The average molecular weight is 481 g/mol. The SMILES string of the molecule is C=CC(=O)N1CCC[C@@H](Nc2nc(Nc3ccc(CN4CCOCC4)cc3)c3c(c2F)NC3=O)C1. The maximum absolute atomic E-state index is 15.1. The maximum Gasteiger partial charge on any atom is 0.261 e. The quantitative estimate of drug-likeness (QED) is 0.524. The minimum atomic E-state index is -0.599. The monoisotopic (exact) mass is 480 g/mol. The van der Waals surface area contributed by atoms with Crippen molar-refractivity contribution in [3.8, 4) is 0 Å². The van der Waals surface area contributed by atoms with Crippen LogP contribution in [0.3, 0.4) is 0 Å². The molecule has 9 nitrogen and oxygen atoms in total. The molecule has 0 unspecified atom stereocenters. The number of carbonyl (C=O) groups excluding carboxylic acids is 2. The lowest BCUT2D eigenvalue weighted by Gasteiger charge is -2.33. The van der Waals surface area contributed by atoms with E-state index in [9.17, 15) is 9.59 Å². The zero-order valence-corrected chi connectivity index (χ0v) is 19.5. The summed E-state index contributed by atoms with van der Waals surface area (Å²) in [5.74, 6) is -0.770. The molecule has 2 saturated heterocycles. The van der Waals surface area contributed by atoms with Crippen LogP contribution in [0.4, 0.5) is 27.4 Å². The van der Waals surface area contributed by atoms with E-state index in [0.717, 1.165) is 51.4 Å². The van der Waals surface area contributed by atoms with Crippen molar-refractivity contribution in [2.45, 2.75) is 25.4 Å². The number of amides is 2. The number of morpholine rings is 1. The van der Waals surface area contributed by atoms with E-state index >= 15 is 4.39 Å². The summed E-state index contributed by atoms with van der Waals surface area (Å²) in [6, 6.07) is 7.75. The van der Waals surface area contributed by atoms with E-state index in [-0.39, 0.29) is 34.9 Å². The molecule has 10 heteroatoms. The number of aromatic nitrogens is 1. The Balaban J connectivity index is 1.31. The summed E-state index contributed by atoms with van der Waals surface area (Å²) in [5, 5.41) is 8.83. The molecule has 3 aliphatic heterocycles. The van der Waals surface area contributed by atoms with Crippen LogP contribution in [0.5, 0.6) is 0 Å². The van der Waals surface area contributed by atoms with E-state index in [4.69, 9.17) is 4.74 Å². The summed E-state index contributed by atoms with van der Waals surface area (Å²) in [6.45, 7) is 8.80. The third kappa shape index (κ3) is 4.98. The van der Waals surface area contributed by atoms with Crippen LogP contribution in [0.15, 0.2) is 36.9 Å². The predicted octanol–water partition coefficient (Wildman–Crippen LogP) is 2.95. The van der Waals surface area contributed by atoms with Gasteiger partial charge < -0.3 is 25.6 Å². The molecule has 3 aliphatic rings. The third-order valence-electron chi connectivity index (χ3n) is 6.58. The van der Waals surface area contributed by atoms with Gasteiger partial charge in [0.05, 0.1) is 18.9 Å². The van der Waals surface area contributed by atoms with Gasteiger partial charge in [-0.3, -0.25) is 14.5 Å². The van der Waals surface area contributed by atoms with Gasteiger partial charge in [0.1, 0.15) is 11.4 Å². The van der Waals surface area contributed by atoms with Crippen LogP contribution < -0.4 is 16.0 Å². The molecule has 0 saturated carbocycles. The lowest BCUT2D eigenvalue weighted by atomic mass is 10.0. The number of piperidine rings is 1. The fourth-order valence-corrected chi connectivity index (χ4v) is 4.67. The van der Waals surface area contributed by atoms with Crippen molar-refractivity contribution in [3.05, 3.63) is 53.9 Å². The molecule has 4 heterocycles. The topological polar surface area (TPSA) is 98.8 Å². The Morgan fingerprint density at radius 2 is 2.00 bits per heavy atom. The minimum Gasteiger partial charge on any atom is -0.379 e. The molecule has 0 spiro atoms. The smallest absolute Gasteiger partial charge is 0.261 e. The number of likely N-dealkylation sites (tertiary alicyclic amines) is 1. The van der Waals surface area contributed by atoms with Gasteiger partial charge in [-0.15, -0.1) is 0 Å². The Morgan fingerprint density at radius 1 is 1.23 bits per heavy atom. The van der Waals surface area contributed by atoms with Gasteiger partial charge in [-0.05, 0) is 36.6 Å². The summed E-state index contributed by atoms with van der Waals surface area (Å²) in [7, 11) is 0. The first-order valence-corrected chi connectivity index (χ1v) is 11.9. The van der Waals surface area contributed by atoms with Crippen LogP contribution in [0.1, 0.15) is 28.8 Å². The average Bonchev–Trinajstić information content (AvgIpc) is 2.87. The number of nitrogens with one attached hydrogen (secondary N) is 3. The molecule has 2 fully saturated rings. The van der Waals surface area contributed by atoms with E-state index in [1.54, 1.807) is 4.90 Å². The Labute approximate surface area is 203 Å². The summed E-state index contributed by atoms with van der Waals surface area (Å²) >= 11 is 0. The Bertz CT molecular complexity index is 1130. The lowest BCUT2D eigenvalue weighted by Crippen LogP contribution is -2.44. The maximum atomic E-state index is 15.1. The fourth-order valence-electron chi connectivity index (χ4n) is 4.67. The van der Waals surface area contributed by atoms with Gasteiger partial charge in [0.15, 0.2) is 11.6 Å². The fraction of sp³-hybridized carbons (Fsp3) is 0.400. The minimum absolute atomic E-state index is 0.0492. The van der Waals surface area contributed by atoms with Crippen LogP contribution in [-0.4, -0.2) is 72.0 Å². The first-order valence-electron chi connectivity index (χ1n) is 11.9. The Morgan fingerprint density at radius 3 is 2.71 bits per heavy atom. The number of nitrogens with zero attached hydrogens (tertiary/aromatic N) is 3. The number of hydrogen-bond donors (Lipinski definition) is 3. The van der Waals surface area contributed by atoms with Crippen molar-refractivity contribution in [2.75, 3.05) is 55.3 Å². The molecule has 0 radical (unpaired) electrons. The number of benzene rings is 1. The van der Waals surface area contributed by atoms with E-state index in [2.05, 4.69) is 32.4 Å². The van der Waals surface area contributed by atoms with Gasteiger partial charge in [-0.25, -0.2) is 9.37 Å². The Hall–Kier alpha value is -3.50. The molecule has 184 valence electrons. The molecule has 2 aromatic rings. The Kier molecular flexibility index (Phi) is 6.65. The molecular weight excluding hydrogens is 451 g/mol. The molecule has 3 N–H and O–H groups in total. The number of ether oxygens (including phenoxy) is 1. The summed E-state index contributed by atoms with van der Waals surface area (Å²) in [4.78, 5) is 32.6. The molecule has 1 atom stereocenters. The number of hydrogen-bond acceptors (Lipinski definition) is 7. The van der Waals surface area contributed by atoms with E-state index < -0.39 is 5.82 Å². The predicted molar refractivity (Wildman–Crippen MR) is 131 cm³/mol. The van der Waals surface area contributed by atoms with Crippen LogP contribution in [0.2, 0.25) is 0 Å². The van der Waals surface area contributed by atoms with Gasteiger partial charge in [-0.2, -0.15) is 0 Å². The highest BCUT2D eigenvalue weighted by Gasteiger charge is 2.34. The molecule has 0 bridgehead atoms. The van der Waals surface area contributed by atoms with Crippen LogP contribution in [0.25, 0.3) is 0 Å². The van der Waals surface area contributed by atoms with E-state index in [0.29, 0.717) is 18.9 Å². The zero-order chi connectivity index (χ0) is 24.4. The molecule has 5 rings (SSSR count). The highest BCUT2D eigenvalue weighted by molar-refractivity contribution is 6.21. The van der Waals surface area contributed by atoms with Gasteiger partial charge in [0, 0.05) is 44.5 Å². The molecular formula is C25H29FN6O3. The van der Waals surface area contributed by atoms with Crippen LogP contribution in [-0.2, 0) is 16.1 Å². The standard InChI is InChI=1S/C25H29FN6O3/c1-2-19(33)32-9-3-4-18(15-32)28-24-21(26)22-20(25(34)29-22)23(30-24)27-17-7-5-16(6-8-17)14-31-10-12-35-13-11-31/h2,5-8,18H,1,3-4,9-15H2,(H,29,34)(H2,27,28,30)/t18-/m1/s1. The summed E-state index contributed by atoms with van der Waals surface area (Å²) < 4.78 is 20.5. The molecule has 1 aromatic carbocycles. The number of halogens is 1. The van der Waals surface area contributed by atoms with Crippen molar-refractivity contribution in [3.63, 3.8) is 0 Å². The number of pyridine rings is 1. The second kappa shape index (κ2) is 10.0. The largest absolute Gasteiger partial charge is 0.379 e. The number of carbonyl (C=O) groups is 2. The van der Waals surface area contributed by atoms with Crippen molar-refractivity contribution in [1.29, 1.82) is 0 Å². The lowest BCUT2D eigenvalue weighted by molar-refractivity contribution is -0.127. The highest BCUT2D eigenvalue weighted by Crippen LogP contribution is 2.38. The number of rotatable bonds is 7. The normalized spacial score (nSPS) is 19.9. The van der Waals surface area contributed by atoms with Crippen LogP contribution >= 0.6 is 0 Å². The van der Waals surface area contributed by atoms with Gasteiger partial charge >= 0.3 is 0 Å². The van der Waals surface area contributed by atoms with Gasteiger partial charge in [0.2, 0.25) is 5.91 Å².